The Kier molecular flexibility index (Phi) is 18.3. The first kappa shape index (κ1) is 55.0. The van der Waals surface area contributed by atoms with Crippen molar-refractivity contribution in [1.29, 1.82) is 0 Å². The van der Waals surface area contributed by atoms with Gasteiger partial charge < -0.3 is 27.4 Å². The van der Waals surface area contributed by atoms with Crippen molar-refractivity contribution in [3.8, 4) is 0 Å². The number of nitrogens with zero attached hydrogens (tertiary/aromatic N) is 8. The van der Waals surface area contributed by atoms with E-state index in [0.29, 0.717) is 0 Å². The zero-order chi connectivity index (χ0) is 48.7. The summed E-state index contributed by atoms with van der Waals surface area (Å²) in [5.41, 5.74) is 2.61. The van der Waals surface area contributed by atoms with Crippen molar-refractivity contribution in [2.75, 3.05) is 0 Å². The molecule has 0 aliphatic heterocycles. The molecule has 0 aliphatic carbocycles. The molecule has 10 rings (SSSR count). The summed E-state index contributed by atoms with van der Waals surface area (Å²) in [6.07, 6.45) is 7.67. The van der Waals surface area contributed by atoms with Gasteiger partial charge in [0, 0.05) is 26.2 Å². The maximum Gasteiger partial charge on any atom is 1.00 e. The Labute approximate surface area is 427 Å². The number of aromatic nitrogens is 8. The van der Waals surface area contributed by atoms with Gasteiger partial charge in [-0.2, -0.15) is 26.3 Å². The molecule has 14 nitrogen and oxygen atoms in total. The second kappa shape index (κ2) is 23.3. The Hall–Kier alpha value is -5.92. The third kappa shape index (κ3) is 14.1. The predicted molar refractivity (Wildman–Crippen MR) is 240 cm³/mol. The van der Waals surface area contributed by atoms with Crippen LogP contribution >= 0.6 is 0 Å². The van der Waals surface area contributed by atoms with E-state index in [1.54, 1.807) is 0 Å². The first-order valence-corrected chi connectivity index (χ1v) is 22.8. The number of halogens is 6. The van der Waals surface area contributed by atoms with E-state index in [-0.39, 0.29) is 44.8 Å². The van der Waals surface area contributed by atoms with Gasteiger partial charge >= 0.3 is 55.8 Å². The second-order valence-electron chi connectivity index (χ2n) is 14.9. The molecule has 0 bridgehead atoms. The number of hydrogen-bond acceptors (Lipinski definition) is 10. The molecule has 0 amide bonds. The van der Waals surface area contributed by atoms with Gasteiger partial charge in [0.05, 0.1) is 69.4 Å². The van der Waals surface area contributed by atoms with Crippen LogP contribution in [0.5, 0.6) is 0 Å². The molecule has 0 aliphatic rings. The fourth-order valence-electron chi connectivity index (χ4n) is 6.98. The monoisotopic (exact) mass is 1190 g/mol. The van der Waals surface area contributed by atoms with Crippen LogP contribution in [-0.2, 0) is 91.2 Å². The average Bonchev–Trinajstić information content (AvgIpc) is 4.10. The van der Waals surface area contributed by atoms with E-state index in [1.807, 2.05) is 73.8 Å². The Bertz CT molecular complexity index is 3150. The fourth-order valence-corrected chi connectivity index (χ4v) is 6.98. The van der Waals surface area contributed by atoms with E-state index < -0.39 is 31.3 Å². The number of hydrogen-bond donors (Lipinski definition) is 0. The van der Waals surface area contributed by atoms with E-state index in [0.717, 1.165) is 48.2 Å². The summed E-state index contributed by atoms with van der Waals surface area (Å²) in [4.78, 5) is 17.9. The van der Waals surface area contributed by atoms with Crippen LogP contribution in [0.25, 0.3) is 44.1 Å². The van der Waals surface area contributed by atoms with Gasteiger partial charge in [0.1, 0.15) is 0 Å². The van der Waals surface area contributed by atoms with Crippen LogP contribution in [0, 0.1) is 0 Å². The summed E-state index contributed by atoms with van der Waals surface area (Å²) in [6, 6.07) is 50.4. The molecule has 0 spiro atoms. The zero-order valence-electron chi connectivity index (χ0n) is 35.7. The smallest absolute Gasteiger partial charge is 0.741 e. The number of imidazole rings is 4. The maximum atomic E-state index is 10.7. The maximum absolute atomic E-state index is 10.7. The van der Waals surface area contributed by atoms with Gasteiger partial charge in [-0.25, -0.2) is 36.8 Å². The molecule has 0 saturated carbocycles. The number of fused-ring (bicyclic) bond motifs is 4. The van der Waals surface area contributed by atoms with Crippen LogP contribution in [0.2, 0.25) is 0 Å². The van der Waals surface area contributed by atoms with E-state index in [4.69, 9.17) is 25.9 Å². The minimum absolute atomic E-state index is 0. The Morgan fingerprint density at radius 3 is 0.771 bits per heavy atom. The van der Waals surface area contributed by atoms with E-state index in [9.17, 15) is 26.3 Å². The van der Waals surface area contributed by atoms with Crippen molar-refractivity contribution in [3.05, 3.63) is 193 Å². The van der Waals surface area contributed by atoms with Gasteiger partial charge in [-0.05, 0) is 70.8 Å². The van der Waals surface area contributed by atoms with Crippen LogP contribution in [0.3, 0.4) is 0 Å². The molecule has 10 aromatic rings. The molecule has 24 heteroatoms. The average molecular weight is 1190 g/mol. The number of benzene rings is 6. The molecule has 0 radical (unpaired) electrons. The van der Waals surface area contributed by atoms with Gasteiger partial charge in [0.25, 0.3) is 0 Å². The van der Waals surface area contributed by atoms with Gasteiger partial charge in [-0.3, -0.25) is 0 Å². The number of para-hydroxylation sites is 8. The second-order valence-corrected chi connectivity index (χ2v) is 17.6. The Morgan fingerprint density at radius 2 is 0.571 bits per heavy atom. The van der Waals surface area contributed by atoms with Gasteiger partial charge in [0.15, 0.2) is 20.2 Å². The Morgan fingerprint density at radius 1 is 0.371 bits per heavy atom. The number of rotatable bonds is 8. The van der Waals surface area contributed by atoms with Crippen molar-refractivity contribution >= 4 is 64.4 Å². The predicted octanol–water partition coefficient (Wildman–Crippen LogP) is 9.06. The van der Waals surface area contributed by atoms with Crippen LogP contribution in [0.1, 0.15) is 22.3 Å². The van der Waals surface area contributed by atoms with Gasteiger partial charge in [0.2, 0.25) is 0 Å². The molecule has 0 atom stereocenters. The quantitative estimate of drug-likeness (QED) is 0.0615. The molecule has 4 aromatic heterocycles. The summed E-state index contributed by atoms with van der Waals surface area (Å²) in [7, 11) is -12.2. The van der Waals surface area contributed by atoms with Crippen LogP contribution < -0.4 is 0 Å². The first-order chi connectivity index (χ1) is 32.2. The molecular weight excluding hydrogens is 1150 g/mol. The van der Waals surface area contributed by atoms with Crippen molar-refractivity contribution in [3.63, 3.8) is 0 Å². The van der Waals surface area contributed by atoms with Crippen LogP contribution in [0.4, 0.5) is 26.3 Å². The number of alkyl halides is 6. The summed E-state index contributed by atoms with van der Waals surface area (Å²) in [6.45, 7) is 3.27. The summed E-state index contributed by atoms with van der Waals surface area (Å²) >= 11 is 0. The normalized spacial score (nSPS) is 11.7. The molecule has 0 unspecified atom stereocenters. The zero-order valence-corrected chi connectivity index (χ0v) is 40.3. The molecule has 4 heterocycles. The van der Waals surface area contributed by atoms with Crippen molar-refractivity contribution < 1.29 is 97.0 Å². The summed E-state index contributed by atoms with van der Waals surface area (Å²) in [5, 5.41) is 0. The van der Waals surface area contributed by atoms with Crippen molar-refractivity contribution in [2.45, 2.75) is 37.2 Å². The summed E-state index contributed by atoms with van der Waals surface area (Å²) < 4.78 is 127. The van der Waals surface area contributed by atoms with Crippen molar-refractivity contribution in [1.82, 2.24) is 38.2 Å². The minimum Gasteiger partial charge on any atom is -0.741 e. The molecule has 70 heavy (non-hydrogen) atoms. The molecule has 0 N–H and O–H groups in total. The third-order valence-electron chi connectivity index (χ3n) is 10.1. The van der Waals surface area contributed by atoms with E-state index >= 15 is 0 Å². The molecule has 372 valence electrons. The summed E-state index contributed by atoms with van der Waals surface area (Å²) in [5.74, 6) is 0. The fraction of sp³-hybridized carbons (Fsp3) is 0.130. The molecular formula is C46H36Ag2F6N8O6S2. The van der Waals surface area contributed by atoms with E-state index in [2.05, 4.69) is 135 Å². The van der Waals surface area contributed by atoms with Crippen LogP contribution in [-0.4, -0.2) is 75.2 Å². The van der Waals surface area contributed by atoms with Gasteiger partial charge in [-0.15, -0.1) is 0 Å². The van der Waals surface area contributed by atoms with Gasteiger partial charge in [-0.1, -0.05) is 97.1 Å². The standard InChI is InChI=1S/2C22H18N4.2CHF3O3S.2Ag/c2*1-3-10-21-19(8-1)23-15-25(21)13-17-6-5-7-18(12-17)14-26-16-24-20-9-2-4-11-22(20)26;2*2-1(3,4)8(5,6)7;;/h2*1-12,15-16H,13-14H2;2*(H,5,6,7);;/q;;;;2*+1/p-2. The topological polar surface area (TPSA) is 186 Å². The van der Waals surface area contributed by atoms with E-state index in [1.165, 1.54) is 44.3 Å². The van der Waals surface area contributed by atoms with Crippen LogP contribution in [0.15, 0.2) is 171 Å². The third-order valence-corrected chi connectivity index (χ3v) is 11.2. The largest absolute Gasteiger partial charge is 1.00 e. The minimum atomic E-state index is -6.09. The molecule has 0 fully saturated rings. The SMILES string of the molecule is O=S(=O)([O-])C(F)(F)F.O=S(=O)([O-])C(F)(F)F.[Ag+].[Ag+].c1cc(Cn2cnc3ccccc32)cc(Cn2cnc3ccccc32)c1.c1cc(Cn2cnc3ccccc32)cc(Cn2cnc3ccccc32)c1. The molecule has 0 saturated heterocycles. The van der Waals surface area contributed by atoms with Crippen molar-refractivity contribution in [2.24, 2.45) is 0 Å². The first-order valence-electron chi connectivity index (χ1n) is 20.0. The molecule has 6 aromatic carbocycles. The Balaban J connectivity index is 0.000000196.